The molecule has 2 aromatic rings. The molecule has 0 radical (unpaired) electrons. The van der Waals surface area contributed by atoms with Gasteiger partial charge in [-0.25, -0.2) is 9.78 Å². The number of aryl methyl sites for hydroxylation is 1. The van der Waals surface area contributed by atoms with Crippen LogP contribution in [-0.4, -0.2) is 17.1 Å². The van der Waals surface area contributed by atoms with Crippen LogP contribution in [0, 0.1) is 19.3 Å². The molecule has 2 rings (SSSR count). The molecule has 0 aliphatic heterocycles. The lowest BCUT2D eigenvalue weighted by Crippen LogP contribution is -2.15. The minimum atomic E-state index is -0.420. The van der Waals surface area contributed by atoms with Crippen LogP contribution < -0.4 is 0 Å². The van der Waals surface area contributed by atoms with E-state index in [4.69, 9.17) is 11.2 Å². The Morgan fingerprint density at radius 3 is 2.80 bits per heavy atom. The van der Waals surface area contributed by atoms with Crippen LogP contribution >= 0.6 is 11.3 Å². The third-order valence-electron chi connectivity index (χ3n) is 2.68. The lowest BCUT2D eigenvalue weighted by molar-refractivity contribution is 0.0347. The van der Waals surface area contributed by atoms with Gasteiger partial charge in [0.05, 0.1) is 9.88 Å². The van der Waals surface area contributed by atoms with Crippen molar-refractivity contribution in [3.8, 4) is 22.8 Å². The molecule has 102 valence electrons. The summed E-state index contributed by atoms with van der Waals surface area (Å²) < 4.78 is 5.32. The highest BCUT2D eigenvalue weighted by Gasteiger charge is 2.21. The van der Waals surface area contributed by atoms with E-state index < -0.39 is 5.97 Å². The van der Waals surface area contributed by atoms with Crippen molar-refractivity contribution in [3.05, 3.63) is 41.0 Å². The number of benzene rings is 1. The van der Waals surface area contributed by atoms with Gasteiger partial charge in [-0.05, 0) is 19.4 Å². The van der Waals surface area contributed by atoms with Gasteiger partial charge in [-0.1, -0.05) is 30.3 Å². The molecule has 0 aliphatic rings. The fraction of sp³-hybridized carbons (Fsp3) is 0.250. The minimum Gasteiger partial charge on any atom is -0.457 e. The molecule has 0 amide bonds. The summed E-state index contributed by atoms with van der Waals surface area (Å²) in [7, 11) is 0. The summed E-state index contributed by atoms with van der Waals surface area (Å²) in [5.41, 5.74) is 1.33. The van der Waals surface area contributed by atoms with E-state index in [1.165, 1.54) is 11.3 Å². The summed E-state index contributed by atoms with van der Waals surface area (Å²) in [6.07, 6.45) is 5.31. The van der Waals surface area contributed by atoms with Crippen LogP contribution in [0.5, 0.6) is 0 Å². The first-order valence-corrected chi connectivity index (χ1v) is 7.10. The maximum atomic E-state index is 12.2. The van der Waals surface area contributed by atoms with E-state index in [1.807, 2.05) is 37.3 Å². The number of ether oxygens (including phenoxy) is 1. The standard InChI is InChI=1S/C16H15NO2S/c1-4-8-11(2)19-16(18)14-15(20-12(3)17-14)13-9-6-5-7-10-13/h1,5-7,9-11H,8H2,2-3H3/t11-/m0/s1. The first-order valence-electron chi connectivity index (χ1n) is 6.29. The quantitative estimate of drug-likeness (QED) is 0.635. The molecule has 0 saturated heterocycles. The number of rotatable bonds is 4. The van der Waals surface area contributed by atoms with Crippen molar-refractivity contribution in [1.82, 2.24) is 4.98 Å². The number of hydrogen-bond acceptors (Lipinski definition) is 4. The molecule has 20 heavy (non-hydrogen) atoms. The lowest BCUT2D eigenvalue weighted by Gasteiger charge is -2.09. The first kappa shape index (κ1) is 14.3. The SMILES string of the molecule is C#CC[C@H](C)OC(=O)c1nc(C)sc1-c1ccccc1. The largest absolute Gasteiger partial charge is 0.457 e. The van der Waals surface area contributed by atoms with Crippen LogP contribution in [0.1, 0.15) is 28.8 Å². The summed E-state index contributed by atoms with van der Waals surface area (Å²) in [5, 5.41) is 0.834. The number of aromatic nitrogens is 1. The van der Waals surface area contributed by atoms with Gasteiger partial charge in [0.15, 0.2) is 5.69 Å². The van der Waals surface area contributed by atoms with Crippen molar-refractivity contribution < 1.29 is 9.53 Å². The van der Waals surface area contributed by atoms with E-state index in [9.17, 15) is 4.79 Å². The molecule has 1 aromatic heterocycles. The van der Waals surface area contributed by atoms with E-state index in [0.29, 0.717) is 12.1 Å². The van der Waals surface area contributed by atoms with Gasteiger partial charge in [-0.15, -0.1) is 23.7 Å². The van der Waals surface area contributed by atoms with E-state index >= 15 is 0 Å². The monoisotopic (exact) mass is 285 g/mol. The highest BCUT2D eigenvalue weighted by Crippen LogP contribution is 2.30. The summed E-state index contributed by atoms with van der Waals surface area (Å²) in [4.78, 5) is 17.3. The number of terminal acetylenes is 1. The number of nitrogens with zero attached hydrogens (tertiary/aromatic N) is 1. The van der Waals surface area contributed by atoms with Gasteiger partial charge in [0, 0.05) is 6.42 Å². The predicted octanol–water partition coefficient (Wildman–Crippen LogP) is 3.69. The van der Waals surface area contributed by atoms with Crippen molar-refractivity contribution in [1.29, 1.82) is 0 Å². The fourth-order valence-electron chi connectivity index (χ4n) is 1.80. The van der Waals surface area contributed by atoms with Crippen LogP contribution in [0.3, 0.4) is 0 Å². The van der Waals surface area contributed by atoms with Gasteiger partial charge in [0.1, 0.15) is 6.10 Å². The Morgan fingerprint density at radius 2 is 2.15 bits per heavy atom. The van der Waals surface area contributed by atoms with Crippen LogP contribution in [0.15, 0.2) is 30.3 Å². The average Bonchev–Trinajstić information content (AvgIpc) is 2.82. The molecule has 0 spiro atoms. The van der Waals surface area contributed by atoms with Gasteiger partial charge in [0.2, 0.25) is 0 Å². The summed E-state index contributed by atoms with van der Waals surface area (Å²) in [6.45, 7) is 3.65. The van der Waals surface area contributed by atoms with Crippen molar-refractivity contribution in [2.24, 2.45) is 0 Å². The molecular formula is C16H15NO2S. The topological polar surface area (TPSA) is 39.2 Å². The molecule has 1 atom stereocenters. The fourth-order valence-corrected chi connectivity index (χ4v) is 2.71. The van der Waals surface area contributed by atoms with Crippen molar-refractivity contribution in [3.63, 3.8) is 0 Å². The average molecular weight is 285 g/mol. The predicted molar refractivity (Wildman–Crippen MR) is 80.6 cm³/mol. The van der Waals surface area contributed by atoms with E-state index in [-0.39, 0.29) is 6.10 Å². The summed E-state index contributed by atoms with van der Waals surface area (Å²) >= 11 is 1.48. The first-order chi connectivity index (χ1) is 9.61. The van der Waals surface area contributed by atoms with E-state index in [2.05, 4.69) is 10.9 Å². The molecule has 0 aliphatic carbocycles. The Bertz CT molecular complexity index is 640. The smallest absolute Gasteiger partial charge is 0.358 e. The Morgan fingerprint density at radius 1 is 1.45 bits per heavy atom. The molecule has 1 aromatic carbocycles. The third kappa shape index (κ3) is 3.25. The van der Waals surface area contributed by atoms with Gasteiger partial charge < -0.3 is 4.74 Å². The van der Waals surface area contributed by atoms with Gasteiger partial charge in [-0.3, -0.25) is 0 Å². The third-order valence-corrected chi connectivity index (χ3v) is 3.70. The van der Waals surface area contributed by atoms with Crippen LogP contribution in [-0.2, 0) is 4.74 Å². The number of carbonyl (C=O) groups is 1. The molecule has 0 unspecified atom stereocenters. The van der Waals surface area contributed by atoms with Crippen molar-refractivity contribution in [2.45, 2.75) is 26.4 Å². The minimum absolute atomic E-state index is 0.307. The van der Waals surface area contributed by atoms with Crippen molar-refractivity contribution in [2.75, 3.05) is 0 Å². The molecule has 0 fully saturated rings. The molecule has 1 heterocycles. The number of carbonyl (C=O) groups excluding carboxylic acids is 1. The molecule has 0 bridgehead atoms. The van der Waals surface area contributed by atoms with Gasteiger partial charge >= 0.3 is 5.97 Å². The van der Waals surface area contributed by atoms with E-state index in [0.717, 1.165) is 15.4 Å². The normalized spacial score (nSPS) is 11.7. The van der Waals surface area contributed by atoms with Crippen molar-refractivity contribution >= 4 is 17.3 Å². The van der Waals surface area contributed by atoms with Crippen LogP contribution in [0.4, 0.5) is 0 Å². The second-order valence-corrected chi connectivity index (χ2v) is 5.60. The Balaban J connectivity index is 2.29. The number of thiazole rings is 1. The zero-order valence-corrected chi connectivity index (χ0v) is 12.2. The maximum absolute atomic E-state index is 12.2. The molecular weight excluding hydrogens is 270 g/mol. The lowest BCUT2D eigenvalue weighted by atomic mass is 10.1. The Hall–Kier alpha value is -2.12. The molecule has 0 N–H and O–H groups in total. The molecule has 4 heteroatoms. The zero-order chi connectivity index (χ0) is 14.5. The second-order valence-electron chi connectivity index (χ2n) is 4.40. The molecule has 0 saturated carbocycles. The summed E-state index contributed by atoms with van der Waals surface area (Å²) in [6, 6.07) is 9.70. The number of esters is 1. The Labute approximate surface area is 122 Å². The van der Waals surface area contributed by atoms with E-state index in [1.54, 1.807) is 6.92 Å². The highest BCUT2D eigenvalue weighted by molar-refractivity contribution is 7.15. The van der Waals surface area contributed by atoms with Crippen LogP contribution in [0.25, 0.3) is 10.4 Å². The van der Waals surface area contributed by atoms with Gasteiger partial charge in [0.25, 0.3) is 0 Å². The number of hydrogen-bond donors (Lipinski definition) is 0. The summed E-state index contributed by atoms with van der Waals surface area (Å²) in [5.74, 6) is 2.06. The molecule has 3 nitrogen and oxygen atoms in total. The second kappa shape index (κ2) is 6.36. The zero-order valence-electron chi connectivity index (χ0n) is 11.4. The van der Waals surface area contributed by atoms with Gasteiger partial charge in [-0.2, -0.15) is 0 Å². The Kier molecular flexibility index (Phi) is 4.54. The highest BCUT2D eigenvalue weighted by atomic mass is 32.1. The van der Waals surface area contributed by atoms with Crippen LogP contribution in [0.2, 0.25) is 0 Å². The maximum Gasteiger partial charge on any atom is 0.358 e.